The van der Waals surface area contributed by atoms with E-state index in [-0.39, 0.29) is 17.4 Å². The van der Waals surface area contributed by atoms with Crippen LogP contribution in [0.3, 0.4) is 0 Å². The lowest BCUT2D eigenvalue weighted by molar-refractivity contribution is -0.114. The molecule has 1 heterocycles. The van der Waals surface area contributed by atoms with Crippen LogP contribution >= 0.6 is 34.7 Å². The molecule has 11 heteroatoms. The number of nitrogens with zero attached hydrogens (tertiary/aromatic N) is 2. The van der Waals surface area contributed by atoms with E-state index in [0.29, 0.717) is 27.1 Å². The fraction of sp³-hybridized carbons (Fsp3) is 0.0857. The number of halogens is 1. The van der Waals surface area contributed by atoms with Gasteiger partial charge < -0.3 is 20.9 Å². The van der Waals surface area contributed by atoms with Crippen LogP contribution in [-0.2, 0) is 9.59 Å². The molecule has 0 spiro atoms. The van der Waals surface area contributed by atoms with E-state index in [0.717, 1.165) is 21.7 Å². The zero-order valence-corrected chi connectivity index (χ0v) is 27.4. The number of rotatable bonds is 11. The molecule has 0 unspecified atom stereocenters. The normalized spacial score (nSPS) is 11.1. The molecule has 3 amide bonds. The Morgan fingerprint density at radius 2 is 1.57 bits per heavy atom. The molecule has 0 saturated heterocycles. The maximum atomic E-state index is 13.4. The van der Waals surface area contributed by atoms with Crippen molar-refractivity contribution in [2.45, 2.75) is 4.90 Å². The topological polar surface area (TPSA) is 103 Å². The zero-order valence-electron chi connectivity index (χ0n) is 25.0. The maximum Gasteiger partial charge on any atom is 0.272 e. The molecule has 1 aromatic heterocycles. The van der Waals surface area contributed by atoms with Crippen LogP contribution in [-0.4, -0.2) is 42.6 Å². The Morgan fingerprint density at radius 1 is 0.870 bits per heavy atom. The smallest absolute Gasteiger partial charge is 0.272 e. The Kier molecular flexibility index (Phi) is 10.9. The molecule has 0 bridgehead atoms. The van der Waals surface area contributed by atoms with E-state index in [2.05, 4.69) is 20.9 Å². The van der Waals surface area contributed by atoms with Gasteiger partial charge in [0.1, 0.15) is 5.70 Å². The zero-order chi connectivity index (χ0) is 32.5. The highest BCUT2D eigenvalue weighted by atomic mass is 35.5. The summed E-state index contributed by atoms with van der Waals surface area (Å²) in [5.41, 5.74) is 4.35. The minimum atomic E-state index is -0.472. The van der Waals surface area contributed by atoms with Gasteiger partial charge >= 0.3 is 0 Å². The van der Waals surface area contributed by atoms with Crippen LogP contribution in [0, 0.1) is 0 Å². The van der Waals surface area contributed by atoms with Crippen LogP contribution in [0.4, 0.5) is 16.5 Å². The van der Waals surface area contributed by atoms with E-state index < -0.39 is 11.8 Å². The van der Waals surface area contributed by atoms with Gasteiger partial charge in [-0.3, -0.25) is 14.4 Å². The predicted molar refractivity (Wildman–Crippen MR) is 190 cm³/mol. The molecule has 3 N–H and O–H groups in total. The van der Waals surface area contributed by atoms with Crippen LogP contribution < -0.4 is 20.9 Å². The second-order valence-electron chi connectivity index (χ2n) is 10.2. The van der Waals surface area contributed by atoms with E-state index in [1.54, 1.807) is 48.5 Å². The monoisotopic (exact) mass is 667 g/mol. The molecular weight excluding hydrogens is 638 g/mol. The lowest BCUT2D eigenvalue weighted by Crippen LogP contribution is -2.30. The van der Waals surface area contributed by atoms with Crippen LogP contribution in [0.25, 0.3) is 17.3 Å². The molecule has 4 aromatic carbocycles. The second-order valence-corrected chi connectivity index (χ2v) is 12.5. The van der Waals surface area contributed by atoms with E-state index in [1.165, 1.54) is 23.1 Å². The summed E-state index contributed by atoms with van der Waals surface area (Å²) in [7, 11) is 3.90. The molecule has 0 aliphatic carbocycles. The standard InChI is InChI=1S/C35H30ClN5O3S2/c1-41(2)26-16-12-23(13-17-26)20-30(38-33(43)24-8-4-3-5-9-24)34(44)37-25-14-18-27(19-15-25)45-22-32(42)40-35-39-31(21-46-35)28-10-6-7-11-29(28)36/h3-21H,22H2,1-2H3,(H,37,44)(H,38,43)(H,39,40,42)/b30-20-. The summed E-state index contributed by atoms with van der Waals surface area (Å²) >= 11 is 8.96. The summed E-state index contributed by atoms with van der Waals surface area (Å²) < 4.78 is 0. The Hall–Kier alpha value is -4.90. The molecular formula is C35H30ClN5O3S2. The van der Waals surface area contributed by atoms with Gasteiger partial charge in [-0.2, -0.15) is 0 Å². The fourth-order valence-electron chi connectivity index (χ4n) is 4.24. The van der Waals surface area contributed by atoms with Gasteiger partial charge in [0, 0.05) is 51.9 Å². The number of aromatic nitrogens is 1. The van der Waals surface area contributed by atoms with Crippen molar-refractivity contribution in [2.24, 2.45) is 0 Å². The number of carbonyl (C=O) groups is 3. The summed E-state index contributed by atoms with van der Waals surface area (Å²) in [4.78, 5) is 46.2. The fourth-order valence-corrected chi connectivity index (χ4v) is 5.90. The lowest BCUT2D eigenvalue weighted by atomic mass is 10.1. The number of thioether (sulfide) groups is 1. The van der Waals surface area contributed by atoms with Crippen molar-refractivity contribution in [1.29, 1.82) is 0 Å². The molecule has 0 saturated carbocycles. The number of amides is 3. The van der Waals surface area contributed by atoms with Gasteiger partial charge in [-0.1, -0.05) is 60.1 Å². The largest absolute Gasteiger partial charge is 0.378 e. The van der Waals surface area contributed by atoms with Gasteiger partial charge in [0.2, 0.25) is 5.91 Å². The average Bonchev–Trinajstić information content (AvgIpc) is 3.53. The number of thiazole rings is 1. The van der Waals surface area contributed by atoms with Crippen LogP contribution in [0.2, 0.25) is 5.02 Å². The van der Waals surface area contributed by atoms with E-state index in [9.17, 15) is 14.4 Å². The van der Waals surface area contributed by atoms with Gasteiger partial charge in [0.15, 0.2) is 5.13 Å². The molecule has 0 aliphatic heterocycles. The quantitative estimate of drug-likeness (QED) is 0.0987. The van der Waals surface area contributed by atoms with E-state index in [1.807, 2.05) is 85.0 Å². The van der Waals surface area contributed by atoms with Crippen molar-refractivity contribution >= 4 is 75.0 Å². The Labute approximate surface area is 280 Å². The minimum absolute atomic E-state index is 0.0986. The third kappa shape index (κ3) is 8.85. The molecule has 0 aliphatic rings. The number of hydrogen-bond donors (Lipinski definition) is 3. The Balaban J connectivity index is 1.20. The van der Waals surface area contributed by atoms with Crippen molar-refractivity contribution < 1.29 is 14.4 Å². The van der Waals surface area contributed by atoms with Gasteiger partial charge in [-0.05, 0) is 66.2 Å². The van der Waals surface area contributed by atoms with E-state index >= 15 is 0 Å². The van der Waals surface area contributed by atoms with Crippen molar-refractivity contribution in [3.05, 3.63) is 130 Å². The number of carbonyl (C=O) groups excluding carboxylic acids is 3. The molecule has 0 atom stereocenters. The summed E-state index contributed by atoms with van der Waals surface area (Å²) in [6.07, 6.45) is 1.64. The van der Waals surface area contributed by atoms with Crippen molar-refractivity contribution in [3.8, 4) is 11.3 Å². The molecule has 5 rings (SSSR count). The maximum absolute atomic E-state index is 13.4. The van der Waals surface area contributed by atoms with Gasteiger partial charge in [-0.25, -0.2) is 4.98 Å². The Morgan fingerprint density at radius 3 is 2.26 bits per heavy atom. The lowest BCUT2D eigenvalue weighted by Gasteiger charge is -2.13. The van der Waals surface area contributed by atoms with Gasteiger partial charge in [-0.15, -0.1) is 23.1 Å². The first-order chi connectivity index (χ1) is 22.2. The van der Waals surface area contributed by atoms with Crippen LogP contribution in [0.15, 0.2) is 119 Å². The first kappa shape index (κ1) is 32.5. The van der Waals surface area contributed by atoms with Crippen LogP contribution in [0.1, 0.15) is 15.9 Å². The first-order valence-electron chi connectivity index (χ1n) is 14.1. The summed E-state index contributed by atoms with van der Waals surface area (Å²) in [6.45, 7) is 0. The molecule has 0 fully saturated rings. The van der Waals surface area contributed by atoms with Crippen molar-refractivity contribution in [3.63, 3.8) is 0 Å². The summed E-state index contributed by atoms with van der Waals surface area (Å²) in [5.74, 6) is -0.877. The number of hydrogen-bond acceptors (Lipinski definition) is 7. The number of nitrogens with one attached hydrogen (secondary N) is 3. The molecule has 8 nitrogen and oxygen atoms in total. The SMILES string of the molecule is CN(C)c1ccc(/C=C(\NC(=O)c2ccccc2)C(=O)Nc2ccc(SCC(=O)Nc3nc(-c4ccccc4Cl)cs3)cc2)cc1. The van der Waals surface area contributed by atoms with E-state index in [4.69, 9.17) is 11.6 Å². The predicted octanol–water partition coefficient (Wildman–Crippen LogP) is 7.67. The third-order valence-electron chi connectivity index (χ3n) is 6.63. The highest BCUT2D eigenvalue weighted by molar-refractivity contribution is 8.00. The minimum Gasteiger partial charge on any atom is -0.378 e. The van der Waals surface area contributed by atoms with Crippen molar-refractivity contribution in [1.82, 2.24) is 10.3 Å². The highest BCUT2D eigenvalue weighted by Gasteiger charge is 2.16. The van der Waals surface area contributed by atoms with Crippen molar-refractivity contribution in [2.75, 3.05) is 35.4 Å². The molecule has 0 radical (unpaired) electrons. The Bertz CT molecular complexity index is 1860. The second kappa shape index (κ2) is 15.4. The van der Waals surface area contributed by atoms with Gasteiger partial charge in [0.25, 0.3) is 11.8 Å². The molecule has 5 aromatic rings. The third-order valence-corrected chi connectivity index (χ3v) is 8.73. The number of benzene rings is 4. The molecule has 232 valence electrons. The highest BCUT2D eigenvalue weighted by Crippen LogP contribution is 2.30. The summed E-state index contributed by atoms with van der Waals surface area (Å²) in [6, 6.07) is 30.9. The summed E-state index contributed by atoms with van der Waals surface area (Å²) in [5, 5.41) is 11.4. The van der Waals surface area contributed by atoms with Crippen LogP contribution in [0.5, 0.6) is 0 Å². The molecule has 46 heavy (non-hydrogen) atoms. The average molecular weight is 668 g/mol. The number of anilines is 3. The first-order valence-corrected chi connectivity index (χ1v) is 16.4. The van der Waals surface area contributed by atoms with Gasteiger partial charge in [0.05, 0.1) is 11.4 Å².